The second-order valence-electron chi connectivity index (χ2n) is 5.51. The number of amides is 2. The zero-order valence-electron chi connectivity index (χ0n) is 13.7. The van der Waals surface area contributed by atoms with Crippen molar-refractivity contribution in [2.24, 2.45) is 0 Å². The number of ether oxygens (including phenoxy) is 2. The van der Waals surface area contributed by atoms with E-state index >= 15 is 0 Å². The molecule has 0 aromatic heterocycles. The molecule has 0 saturated carbocycles. The smallest absolute Gasteiger partial charge is 0.253 e. The van der Waals surface area contributed by atoms with E-state index in [2.05, 4.69) is 0 Å². The Morgan fingerprint density at radius 1 is 0.800 bits per heavy atom. The summed E-state index contributed by atoms with van der Waals surface area (Å²) in [5.74, 6) is 1.57. The van der Waals surface area contributed by atoms with Crippen molar-refractivity contribution in [3.05, 3.63) is 54.6 Å². The van der Waals surface area contributed by atoms with Crippen LogP contribution in [0.15, 0.2) is 54.6 Å². The number of hydroxylamine groups is 2. The Morgan fingerprint density at radius 3 is 2.24 bits per heavy atom. The second kappa shape index (κ2) is 8.30. The molecule has 0 radical (unpaired) electrons. The fourth-order valence-corrected chi connectivity index (χ4v) is 2.36. The van der Waals surface area contributed by atoms with Crippen LogP contribution in [0.3, 0.4) is 0 Å². The number of imide groups is 1. The van der Waals surface area contributed by atoms with Crippen LogP contribution in [0.5, 0.6) is 17.2 Å². The average Bonchev–Trinajstić information content (AvgIpc) is 2.94. The molecule has 130 valence electrons. The van der Waals surface area contributed by atoms with Gasteiger partial charge >= 0.3 is 0 Å². The lowest BCUT2D eigenvalue weighted by atomic mass is 10.3. The third-order valence-electron chi connectivity index (χ3n) is 3.57. The Bertz CT molecular complexity index is 716. The molecule has 2 aromatic carbocycles. The van der Waals surface area contributed by atoms with E-state index in [9.17, 15) is 9.59 Å². The Balaban J connectivity index is 1.42. The highest BCUT2D eigenvalue weighted by molar-refractivity contribution is 6.00. The topological polar surface area (TPSA) is 65.1 Å². The Morgan fingerprint density at radius 2 is 1.48 bits per heavy atom. The van der Waals surface area contributed by atoms with Crippen LogP contribution in [0.4, 0.5) is 0 Å². The van der Waals surface area contributed by atoms with Gasteiger partial charge in [0.15, 0.2) is 0 Å². The van der Waals surface area contributed by atoms with Crippen LogP contribution in [-0.4, -0.2) is 30.1 Å². The molecule has 1 aliphatic rings. The standard InChI is InChI=1S/C19H19NO5/c21-18-10-11-19(22)20(18)24-13-5-12-23-16-8-4-9-17(14-16)25-15-6-2-1-3-7-15/h1-4,6-9,14H,5,10-13H2. The molecule has 2 amide bonds. The van der Waals surface area contributed by atoms with E-state index in [1.807, 2.05) is 48.5 Å². The molecular weight excluding hydrogens is 322 g/mol. The van der Waals surface area contributed by atoms with Gasteiger partial charge in [-0.3, -0.25) is 14.4 Å². The predicted octanol–water partition coefficient (Wildman–Crippen LogP) is 3.33. The van der Waals surface area contributed by atoms with E-state index in [1.54, 1.807) is 6.07 Å². The van der Waals surface area contributed by atoms with Gasteiger partial charge in [-0.05, 0) is 24.3 Å². The van der Waals surface area contributed by atoms with Crippen molar-refractivity contribution >= 4 is 11.8 Å². The van der Waals surface area contributed by atoms with Gasteiger partial charge in [-0.2, -0.15) is 5.06 Å². The van der Waals surface area contributed by atoms with Crippen molar-refractivity contribution in [3.63, 3.8) is 0 Å². The molecule has 0 N–H and O–H groups in total. The normalized spacial score (nSPS) is 14.0. The SMILES string of the molecule is O=C1CCC(=O)N1OCCCOc1cccc(Oc2ccccc2)c1. The Kier molecular flexibility index (Phi) is 5.64. The Hall–Kier alpha value is -2.86. The molecule has 1 heterocycles. The largest absolute Gasteiger partial charge is 0.493 e. The van der Waals surface area contributed by atoms with E-state index in [0.29, 0.717) is 24.5 Å². The summed E-state index contributed by atoms with van der Waals surface area (Å²) in [7, 11) is 0. The number of carbonyl (C=O) groups excluding carboxylic acids is 2. The maximum Gasteiger partial charge on any atom is 0.253 e. The molecule has 2 aromatic rings. The van der Waals surface area contributed by atoms with Crippen LogP contribution in [0.2, 0.25) is 0 Å². The van der Waals surface area contributed by atoms with Crippen LogP contribution < -0.4 is 9.47 Å². The van der Waals surface area contributed by atoms with Gasteiger partial charge in [0.2, 0.25) is 0 Å². The summed E-state index contributed by atoms with van der Waals surface area (Å²) < 4.78 is 11.4. The molecule has 0 spiro atoms. The molecule has 0 unspecified atom stereocenters. The van der Waals surface area contributed by atoms with Gasteiger partial charge in [0.25, 0.3) is 11.8 Å². The van der Waals surface area contributed by atoms with Crippen LogP contribution in [0.1, 0.15) is 19.3 Å². The molecule has 1 saturated heterocycles. The van der Waals surface area contributed by atoms with Crippen molar-refractivity contribution in [1.82, 2.24) is 5.06 Å². The van der Waals surface area contributed by atoms with Crippen molar-refractivity contribution in [1.29, 1.82) is 0 Å². The summed E-state index contributed by atoms with van der Waals surface area (Å²) in [4.78, 5) is 28.0. The van der Waals surface area contributed by atoms with Crippen molar-refractivity contribution in [2.45, 2.75) is 19.3 Å². The van der Waals surface area contributed by atoms with Gasteiger partial charge in [0.1, 0.15) is 17.2 Å². The predicted molar refractivity (Wildman–Crippen MR) is 90.1 cm³/mol. The van der Waals surface area contributed by atoms with E-state index in [1.165, 1.54) is 0 Å². The fourth-order valence-electron chi connectivity index (χ4n) is 2.36. The summed E-state index contributed by atoms with van der Waals surface area (Å²) in [6, 6.07) is 16.9. The minimum absolute atomic E-state index is 0.226. The molecule has 0 aliphatic carbocycles. The van der Waals surface area contributed by atoms with Gasteiger partial charge in [-0.25, -0.2) is 0 Å². The third-order valence-corrected chi connectivity index (χ3v) is 3.57. The maximum atomic E-state index is 11.4. The number of rotatable bonds is 8. The summed E-state index contributed by atoms with van der Waals surface area (Å²) in [6.07, 6.45) is 1.01. The summed E-state index contributed by atoms with van der Waals surface area (Å²) in [6.45, 7) is 0.655. The van der Waals surface area contributed by atoms with Gasteiger partial charge < -0.3 is 9.47 Å². The van der Waals surface area contributed by atoms with Gasteiger partial charge in [0, 0.05) is 25.3 Å². The minimum atomic E-state index is -0.281. The molecule has 6 nitrogen and oxygen atoms in total. The summed E-state index contributed by atoms with van der Waals surface area (Å²) in [5, 5.41) is 0.855. The van der Waals surface area contributed by atoms with E-state index in [-0.39, 0.29) is 31.3 Å². The minimum Gasteiger partial charge on any atom is -0.493 e. The first kappa shape index (κ1) is 17.0. The van der Waals surface area contributed by atoms with Crippen molar-refractivity contribution in [3.8, 4) is 17.2 Å². The van der Waals surface area contributed by atoms with E-state index in [4.69, 9.17) is 14.3 Å². The quantitative estimate of drug-likeness (QED) is 0.544. The van der Waals surface area contributed by atoms with Crippen molar-refractivity contribution in [2.75, 3.05) is 13.2 Å². The molecule has 0 bridgehead atoms. The third kappa shape index (κ3) is 4.81. The highest BCUT2D eigenvalue weighted by Gasteiger charge is 2.29. The van der Waals surface area contributed by atoms with Crippen LogP contribution in [0, 0.1) is 0 Å². The monoisotopic (exact) mass is 341 g/mol. The molecule has 1 aliphatic heterocycles. The summed E-state index contributed by atoms with van der Waals surface area (Å²) >= 11 is 0. The van der Waals surface area contributed by atoms with Gasteiger partial charge in [0.05, 0.1) is 13.2 Å². The highest BCUT2D eigenvalue weighted by atomic mass is 16.7. The number of hydrogen-bond acceptors (Lipinski definition) is 5. The number of carbonyl (C=O) groups is 2. The lowest BCUT2D eigenvalue weighted by molar-refractivity contribution is -0.188. The van der Waals surface area contributed by atoms with E-state index < -0.39 is 0 Å². The molecular formula is C19H19NO5. The first-order chi connectivity index (χ1) is 12.2. The molecule has 3 rings (SSSR count). The fraction of sp³-hybridized carbons (Fsp3) is 0.263. The van der Waals surface area contributed by atoms with Crippen LogP contribution in [0.25, 0.3) is 0 Å². The lowest BCUT2D eigenvalue weighted by Crippen LogP contribution is -2.29. The first-order valence-corrected chi connectivity index (χ1v) is 8.17. The number of nitrogens with zero attached hydrogens (tertiary/aromatic N) is 1. The zero-order chi connectivity index (χ0) is 17.5. The first-order valence-electron chi connectivity index (χ1n) is 8.17. The average molecular weight is 341 g/mol. The van der Waals surface area contributed by atoms with Gasteiger partial charge in [-0.15, -0.1) is 0 Å². The maximum absolute atomic E-state index is 11.4. The van der Waals surface area contributed by atoms with Gasteiger partial charge in [-0.1, -0.05) is 24.3 Å². The highest BCUT2D eigenvalue weighted by Crippen LogP contribution is 2.25. The van der Waals surface area contributed by atoms with Crippen molar-refractivity contribution < 1.29 is 23.9 Å². The lowest BCUT2D eigenvalue weighted by Gasteiger charge is -2.13. The molecule has 6 heteroatoms. The summed E-state index contributed by atoms with van der Waals surface area (Å²) in [5.41, 5.74) is 0. The molecule has 0 atom stereocenters. The molecule has 25 heavy (non-hydrogen) atoms. The molecule has 1 fully saturated rings. The second-order valence-corrected chi connectivity index (χ2v) is 5.51. The number of para-hydroxylation sites is 1. The van der Waals surface area contributed by atoms with Crippen LogP contribution >= 0.6 is 0 Å². The zero-order valence-corrected chi connectivity index (χ0v) is 13.7. The number of hydrogen-bond donors (Lipinski definition) is 0. The van der Waals surface area contributed by atoms with E-state index in [0.717, 1.165) is 10.8 Å². The Labute approximate surface area is 145 Å². The number of benzene rings is 2. The van der Waals surface area contributed by atoms with Crippen LogP contribution in [-0.2, 0) is 14.4 Å².